The highest BCUT2D eigenvalue weighted by atomic mass is 16.5. The predicted octanol–water partition coefficient (Wildman–Crippen LogP) is 2.95. The van der Waals surface area contributed by atoms with Gasteiger partial charge in [0.25, 0.3) is 5.91 Å². The Labute approximate surface area is 143 Å². The number of carbonyl (C=O) groups excluding carboxylic acids is 1. The van der Waals surface area contributed by atoms with E-state index in [1.54, 1.807) is 50.2 Å². The van der Waals surface area contributed by atoms with Crippen LogP contribution in [-0.2, 0) is 0 Å². The van der Waals surface area contributed by atoms with E-state index < -0.39 is 5.91 Å². The molecule has 8 nitrogen and oxygen atoms in total. The maximum absolute atomic E-state index is 12.3. The smallest absolute Gasteiger partial charge is 0.275 e. The molecule has 2 N–H and O–H groups in total. The molecule has 1 amide bonds. The summed E-state index contributed by atoms with van der Waals surface area (Å²) in [5.74, 6) is 0.744. The molecule has 0 radical (unpaired) electrons. The summed E-state index contributed by atoms with van der Waals surface area (Å²) in [6.45, 7) is 3.49. The number of hydrogen-bond donors (Lipinski definition) is 2. The predicted molar refractivity (Wildman–Crippen MR) is 90.4 cm³/mol. The van der Waals surface area contributed by atoms with Gasteiger partial charge in [-0.3, -0.25) is 4.79 Å². The summed E-state index contributed by atoms with van der Waals surface area (Å²) < 4.78 is 4.91. The normalized spacial score (nSPS) is 10.1. The van der Waals surface area contributed by atoms with Crippen molar-refractivity contribution in [3.8, 4) is 6.07 Å². The second kappa shape index (κ2) is 6.80. The molecule has 2 heterocycles. The Kier molecular flexibility index (Phi) is 4.39. The second-order valence-electron chi connectivity index (χ2n) is 5.31. The average molecular weight is 334 g/mol. The second-order valence-corrected chi connectivity index (χ2v) is 5.31. The minimum Gasteiger partial charge on any atom is -0.360 e. The topological polar surface area (TPSA) is 117 Å². The Morgan fingerprint density at radius 2 is 2.04 bits per heavy atom. The Morgan fingerprint density at radius 3 is 2.76 bits per heavy atom. The number of hydrogen-bond acceptors (Lipinski definition) is 7. The lowest BCUT2D eigenvalue weighted by Crippen LogP contribution is -2.15. The summed E-state index contributed by atoms with van der Waals surface area (Å²) in [7, 11) is 0. The van der Waals surface area contributed by atoms with Crippen LogP contribution in [0.4, 0.5) is 17.5 Å². The van der Waals surface area contributed by atoms with Crippen molar-refractivity contribution in [1.82, 2.24) is 15.1 Å². The molecule has 124 valence electrons. The van der Waals surface area contributed by atoms with Gasteiger partial charge < -0.3 is 15.2 Å². The van der Waals surface area contributed by atoms with E-state index >= 15 is 0 Å². The van der Waals surface area contributed by atoms with E-state index in [0.717, 1.165) is 0 Å². The van der Waals surface area contributed by atoms with Crippen molar-refractivity contribution in [2.24, 2.45) is 0 Å². The third kappa shape index (κ3) is 3.97. The van der Waals surface area contributed by atoms with Crippen molar-refractivity contribution in [3.05, 3.63) is 59.1 Å². The Balaban J connectivity index is 1.82. The van der Waals surface area contributed by atoms with Crippen LogP contribution in [0.15, 0.2) is 40.9 Å². The van der Waals surface area contributed by atoms with Crippen molar-refractivity contribution in [1.29, 1.82) is 5.26 Å². The van der Waals surface area contributed by atoms with E-state index in [1.807, 2.05) is 0 Å². The molecule has 0 aliphatic rings. The number of nitrogens with one attached hydrogen (secondary N) is 2. The van der Waals surface area contributed by atoms with Gasteiger partial charge >= 0.3 is 0 Å². The fourth-order valence-electron chi connectivity index (χ4n) is 2.14. The summed E-state index contributed by atoms with van der Waals surface area (Å²) in [5, 5.41) is 18.3. The first-order chi connectivity index (χ1) is 12.0. The average Bonchev–Trinajstić information content (AvgIpc) is 2.99. The lowest BCUT2D eigenvalue weighted by Gasteiger charge is -2.08. The molecule has 3 rings (SSSR count). The highest BCUT2D eigenvalue weighted by Gasteiger charge is 2.13. The molecule has 3 aromatic rings. The van der Waals surface area contributed by atoms with Crippen LogP contribution in [-0.4, -0.2) is 21.0 Å². The standard InChI is InChI=1S/C17H14N6O2/c1-10-6-14(16(24)22-15-7-11(2)25-23-15)21-17(19-10)20-13-5-3-4-12(8-13)9-18/h3-8H,1-2H3,(H,19,20,21)(H,22,23,24). The summed E-state index contributed by atoms with van der Waals surface area (Å²) in [6, 6.07) is 12.1. The number of aromatic nitrogens is 3. The van der Waals surface area contributed by atoms with Crippen LogP contribution >= 0.6 is 0 Å². The lowest BCUT2D eigenvalue weighted by molar-refractivity contribution is 0.102. The first-order valence-electron chi connectivity index (χ1n) is 7.41. The molecule has 0 saturated heterocycles. The molecule has 0 aliphatic heterocycles. The molecule has 25 heavy (non-hydrogen) atoms. The molecule has 0 bridgehead atoms. The van der Waals surface area contributed by atoms with Gasteiger partial charge in [-0.25, -0.2) is 9.97 Å². The molecular weight excluding hydrogens is 320 g/mol. The zero-order chi connectivity index (χ0) is 17.8. The molecule has 8 heteroatoms. The van der Waals surface area contributed by atoms with Crippen LogP contribution in [0.2, 0.25) is 0 Å². The number of carbonyl (C=O) groups is 1. The highest BCUT2D eigenvalue weighted by Crippen LogP contribution is 2.16. The number of amides is 1. The number of benzene rings is 1. The molecule has 0 saturated carbocycles. The van der Waals surface area contributed by atoms with Gasteiger partial charge in [0.2, 0.25) is 5.95 Å². The van der Waals surface area contributed by atoms with Crippen LogP contribution < -0.4 is 10.6 Å². The number of nitriles is 1. The van der Waals surface area contributed by atoms with Crippen molar-refractivity contribution in [3.63, 3.8) is 0 Å². The zero-order valence-corrected chi connectivity index (χ0v) is 13.6. The minimum atomic E-state index is -0.423. The Morgan fingerprint density at radius 1 is 1.20 bits per heavy atom. The van der Waals surface area contributed by atoms with Gasteiger partial charge in [-0.1, -0.05) is 11.2 Å². The molecule has 0 fully saturated rings. The van der Waals surface area contributed by atoms with Crippen LogP contribution in [0, 0.1) is 25.2 Å². The number of anilines is 3. The minimum absolute atomic E-state index is 0.187. The van der Waals surface area contributed by atoms with Crippen molar-refractivity contribution < 1.29 is 9.32 Å². The van der Waals surface area contributed by atoms with Crippen molar-refractivity contribution >= 4 is 23.4 Å². The SMILES string of the molecule is Cc1cc(C(=O)Nc2cc(C)on2)nc(Nc2cccc(C#N)c2)n1. The van der Waals surface area contributed by atoms with E-state index in [-0.39, 0.29) is 11.6 Å². The molecule has 0 unspecified atom stereocenters. The maximum Gasteiger partial charge on any atom is 0.275 e. The zero-order valence-electron chi connectivity index (χ0n) is 13.6. The highest BCUT2D eigenvalue weighted by molar-refractivity contribution is 6.02. The fourth-order valence-corrected chi connectivity index (χ4v) is 2.14. The monoisotopic (exact) mass is 334 g/mol. The van der Waals surface area contributed by atoms with Gasteiger partial charge in [0, 0.05) is 17.4 Å². The first-order valence-corrected chi connectivity index (χ1v) is 7.41. The van der Waals surface area contributed by atoms with Gasteiger partial charge in [0.1, 0.15) is 11.5 Å². The third-order valence-electron chi connectivity index (χ3n) is 3.20. The summed E-state index contributed by atoms with van der Waals surface area (Å²) in [4.78, 5) is 20.8. The molecule has 0 atom stereocenters. The van der Waals surface area contributed by atoms with Crippen molar-refractivity contribution in [2.75, 3.05) is 10.6 Å². The van der Waals surface area contributed by atoms with E-state index in [9.17, 15) is 4.79 Å². The van der Waals surface area contributed by atoms with Crippen LogP contribution in [0.25, 0.3) is 0 Å². The van der Waals surface area contributed by atoms with E-state index in [4.69, 9.17) is 9.78 Å². The first kappa shape index (κ1) is 16.1. The van der Waals surface area contributed by atoms with Gasteiger partial charge in [-0.2, -0.15) is 5.26 Å². The van der Waals surface area contributed by atoms with E-state index in [2.05, 4.69) is 31.8 Å². The van der Waals surface area contributed by atoms with Gasteiger partial charge in [-0.15, -0.1) is 0 Å². The number of aryl methyl sites for hydroxylation is 2. The Hall–Kier alpha value is -3.73. The van der Waals surface area contributed by atoms with Crippen molar-refractivity contribution in [2.45, 2.75) is 13.8 Å². The molecule has 2 aromatic heterocycles. The summed E-state index contributed by atoms with van der Waals surface area (Å²) >= 11 is 0. The van der Waals surface area contributed by atoms with Gasteiger partial charge in [0.15, 0.2) is 5.82 Å². The molecule has 0 spiro atoms. The Bertz CT molecular complexity index is 973. The van der Waals surface area contributed by atoms with Crippen LogP contribution in [0.1, 0.15) is 27.5 Å². The third-order valence-corrected chi connectivity index (χ3v) is 3.20. The lowest BCUT2D eigenvalue weighted by atomic mass is 10.2. The summed E-state index contributed by atoms with van der Waals surface area (Å²) in [5.41, 5.74) is 1.97. The largest absolute Gasteiger partial charge is 0.360 e. The number of rotatable bonds is 4. The molecular formula is C17H14N6O2. The maximum atomic E-state index is 12.3. The molecule has 1 aromatic carbocycles. The van der Waals surface area contributed by atoms with Crippen LogP contribution in [0.5, 0.6) is 0 Å². The quantitative estimate of drug-likeness (QED) is 0.753. The number of nitrogens with zero attached hydrogens (tertiary/aromatic N) is 4. The summed E-state index contributed by atoms with van der Waals surface area (Å²) in [6.07, 6.45) is 0. The fraction of sp³-hybridized carbons (Fsp3) is 0.118. The molecule has 0 aliphatic carbocycles. The van der Waals surface area contributed by atoms with E-state index in [0.29, 0.717) is 28.5 Å². The van der Waals surface area contributed by atoms with E-state index in [1.165, 1.54) is 0 Å². The van der Waals surface area contributed by atoms with Gasteiger partial charge in [0.05, 0.1) is 11.6 Å². The van der Waals surface area contributed by atoms with Crippen LogP contribution in [0.3, 0.4) is 0 Å². The van der Waals surface area contributed by atoms with Gasteiger partial charge in [-0.05, 0) is 38.1 Å².